The maximum absolute atomic E-state index is 12.6. The fourth-order valence-electron chi connectivity index (χ4n) is 3.22. The molecule has 0 spiro atoms. The van der Waals surface area contributed by atoms with Crippen LogP contribution in [-0.2, 0) is 11.2 Å². The first-order chi connectivity index (χ1) is 14.4. The number of benzene rings is 1. The van der Waals surface area contributed by atoms with Crippen LogP contribution in [0.1, 0.15) is 63.1 Å². The van der Waals surface area contributed by atoms with Crippen LogP contribution in [0.25, 0.3) is 0 Å². The van der Waals surface area contributed by atoms with Crippen LogP contribution in [-0.4, -0.2) is 30.2 Å². The van der Waals surface area contributed by atoms with E-state index in [4.69, 9.17) is 9.15 Å². The van der Waals surface area contributed by atoms with Gasteiger partial charge in [-0.25, -0.2) is 10.2 Å². The topological polar surface area (TPSA) is 122 Å². The number of nitrogens with zero attached hydrogens (tertiary/aromatic N) is 1. The molecular formula is C21H24N4O5. The van der Waals surface area contributed by atoms with Crippen LogP contribution in [0.2, 0.25) is 0 Å². The minimum Gasteiger partial charge on any atom is -0.455 e. The van der Waals surface area contributed by atoms with E-state index in [1.165, 1.54) is 0 Å². The lowest BCUT2D eigenvalue weighted by Crippen LogP contribution is -2.41. The second-order valence-corrected chi connectivity index (χ2v) is 6.87. The molecule has 3 amide bonds. The fourth-order valence-corrected chi connectivity index (χ4v) is 3.22. The van der Waals surface area contributed by atoms with Crippen molar-refractivity contribution in [1.29, 1.82) is 0 Å². The number of ether oxygens (including phenoxy) is 1. The highest BCUT2D eigenvalue weighted by Crippen LogP contribution is 2.29. The van der Waals surface area contributed by atoms with Gasteiger partial charge < -0.3 is 9.15 Å². The highest BCUT2D eigenvalue weighted by Gasteiger charge is 2.28. The average Bonchev–Trinajstić information content (AvgIpc) is 3.08. The predicted molar refractivity (Wildman–Crippen MR) is 109 cm³/mol. The lowest BCUT2D eigenvalue weighted by molar-refractivity contribution is 0.0829. The highest BCUT2D eigenvalue weighted by molar-refractivity contribution is 6.07. The van der Waals surface area contributed by atoms with Crippen LogP contribution in [0.15, 0.2) is 33.8 Å². The van der Waals surface area contributed by atoms with Crippen LogP contribution in [0.3, 0.4) is 0 Å². The van der Waals surface area contributed by atoms with E-state index in [2.05, 4.69) is 21.4 Å². The van der Waals surface area contributed by atoms with Crippen LogP contribution in [0.4, 0.5) is 4.79 Å². The van der Waals surface area contributed by atoms with Gasteiger partial charge in [-0.3, -0.25) is 20.4 Å². The molecule has 0 atom stereocenters. The smallest absolute Gasteiger partial charge is 0.427 e. The van der Waals surface area contributed by atoms with Gasteiger partial charge in [0, 0.05) is 23.1 Å². The van der Waals surface area contributed by atoms with Crippen molar-refractivity contribution in [1.82, 2.24) is 16.3 Å². The first-order valence-electron chi connectivity index (χ1n) is 9.70. The largest absolute Gasteiger partial charge is 0.455 e. The van der Waals surface area contributed by atoms with Crippen molar-refractivity contribution < 1.29 is 23.5 Å². The molecule has 2 aromatic rings. The minimum atomic E-state index is -0.643. The van der Waals surface area contributed by atoms with E-state index >= 15 is 0 Å². The molecule has 9 nitrogen and oxygen atoms in total. The number of nitrogens with one attached hydrogen (secondary N) is 3. The van der Waals surface area contributed by atoms with Crippen LogP contribution < -0.4 is 16.3 Å². The molecule has 30 heavy (non-hydrogen) atoms. The van der Waals surface area contributed by atoms with E-state index in [9.17, 15) is 14.4 Å². The maximum atomic E-state index is 12.6. The number of hydrogen-bond acceptors (Lipinski definition) is 6. The van der Waals surface area contributed by atoms with E-state index in [-0.39, 0.29) is 12.4 Å². The van der Waals surface area contributed by atoms with Crippen molar-refractivity contribution >= 4 is 23.6 Å². The number of fused-ring (bicyclic) bond motifs is 1. The summed E-state index contributed by atoms with van der Waals surface area (Å²) >= 11 is 0. The van der Waals surface area contributed by atoms with Gasteiger partial charge in [-0.05, 0) is 45.7 Å². The normalized spacial score (nSPS) is 14.0. The van der Waals surface area contributed by atoms with Gasteiger partial charge in [0.2, 0.25) is 0 Å². The predicted octanol–water partition coefficient (Wildman–Crippen LogP) is 2.76. The van der Waals surface area contributed by atoms with Gasteiger partial charge in [-0.1, -0.05) is 17.7 Å². The lowest BCUT2D eigenvalue weighted by atomic mass is 9.93. The summed E-state index contributed by atoms with van der Waals surface area (Å²) in [5.74, 6) is -0.286. The molecule has 0 fully saturated rings. The molecule has 0 saturated heterocycles. The lowest BCUT2D eigenvalue weighted by Gasteiger charge is -2.13. The molecule has 3 rings (SSSR count). The molecule has 0 saturated carbocycles. The van der Waals surface area contributed by atoms with Crippen molar-refractivity contribution in [3.8, 4) is 0 Å². The quantitative estimate of drug-likeness (QED) is 0.667. The molecular weight excluding hydrogens is 388 g/mol. The van der Waals surface area contributed by atoms with Gasteiger partial charge in [-0.15, -0.1) is 0 Å². The highest BCUT2D eigenvalue weighted by atomic mass is 16.5. The summed E-state index contributed by atoms with van der Waals surface area (Å²) < 4.78 is 10.6. The summed E-state index contributed by atoms with van der Waals surface area (Å²) in [6.07, 6.45) is 1.41. The Morgan fingerprint density at radius 1 is 1.07 bits per heavy atom. The number of aryl methyl sites for hydroxylation is 2. The van der Waals surface area contributed by atoms with Crippen LogP contribution >= 0.6 is 0 Å². The number of hydrogen-bond donors (Lipinski definition) is 3. The molecule has 0 radical (unpaired) electrons. The van der Waals surface area contributed by atoms with Crippen molar-refractivity contribution in [2.75, 3.05) is 6.61 Å². The Balaban J connectivity index is 1.72. The summed E-state index contributed by atoms with van der Waals surface area (Å²) in [5.41, 5.74) is 10.5. The number of carbonyl (C=O) groups excluding carboxylic acids is 3. The molecule has 1 aromatic carbocycles. The third-order valence-electron chi connectivity index (χ3n) is 4.69. The number of hydrazone groups is 1. The summed E-state index contributed by atoms with van der Waals surface area (Å²) in [7, 11) is 0. The van der Waals surface area contributed by atoms with E-state index in [1.807, 2.05) is 19.1 Å². The standard InChI is InChI=1S/C21H24N4O5/c1-4-29-21(28)25-22-15-6-5-7-16-17(15)13(3)18(30-16)20(27)24-23-19(26)14-10-8-12(2)9-11-14/h8-11H,4-7H2,1-3H3,(H,23,26)(H,24,27)(H,25,28)/b22-15+. The third-order valence-corrected chi connectivity index (χ3v) is 4.69. The maximum Gasteiger partial charge on any atom is 0.427 e. The Hall–Kier alpha value is -3.62. The van der Waals surface area contributed by atoms with E-state index in [1.54, 1.807) is 26.0 Å². The number of hydrazine groups is 1. The third kappa shape index (κ3) is 4.68. The summed E-state index contributed by atoms with van der Waals surface area (Å²) in [6.45, 7) is 5.61. The van der Waals surface area contributed by atoms with Crippen molar-refractivity contribution in [3.63, 3.8) is 0 Å². The zero-order valence-corrected chi connectivity index (χ0v) is 17.1. The molecule has 1 aliphatic rings. The SMILES string of the molecule is CCOC(=O)N/N=C1\CCCc2oc(C(=O)NNC(=O)c3ccc(C)cc3)c(C)c21. The molecule has 0 aliphatic heterocycles. The first kappa shape index (κ1) is 21.1. The number of carbonyl (C=O) groups is 3. The number of furan rings is 1. The number of rotatable bonds is 4. The molecule has 1 aliphatic carbocycles. The van der Waals surface area contributed by atoms with Gasteiger partial charge in [0.15, 0.2) is 5.76 Å². The van der Waals surface area contributed by atoms with Crippen LogP contribution in [0.5, 0.6) is 0 Å². The Kier molecular flexibility index (Phi) is 6.51. The van der Waals surface area contributed by atoms with Gasteiger partial charge in [0.1, 0.15) is 5.76 Å². The Labute approximate surface area is 173 Å². The Morgan fingerprint density at radius 2 is 1.77 bits per heavy atom. The molecule has 1 aromatic heterocycles. The summed E-state index contributed by atoms with van der Waals surface area (Å²) in [4.78, 5) is 36.3. The monoisotopic (exact) mass is 412 g/mol. The molecule has 1 heterocycles. The zero-order valence-electron chi connectivity index (χ0n) is 17.1. The van der Waals surface area contributed by atoms with Crippen molar-refractivity contribution in [2.45, 2.75) is 40.0 Å². The summed E-state index contributed by atoms with van der Waals surface area (Å²) in [5, 5.41) is 4.13. The van der Waals surface area contributed by atoms with E-state index < -0.39 is 17.9 Å². The second-order valence-electron chi connectivity index (χ2n) is 6.87. The van der Waals surface area contributed by atoms with Gasteiger partial charge in [0.05, 0.1) is 12.3 Å². The number of amides is 3. The molecule has 158 valence electrons. The van der Waals surface area contributed by atoms with Gasteiger partial charge in [-0.2, -0.15) is 5.10 Å². The molecule has 0 unspecified atom stereocenters. The van der Waals surface area contributed by atoms with Crippen molar-refractivity contribution in [2.24, 2.45) is 5.10 Å². The first-order valence-corrected chi connectivity index (χ1v) is 9.70. The Morgan fingerprint density at radius 3 is 2.47 bits per heavy atom. The van der Waals surface area contributed by atoms with Gasteiger partial charge in [0.25, 0.3) is 5.91 Å². The fraction of sp³-hybridized carbons (Fsp3) is 0.333. The van der Waals surface area contributed by atoms with Gasteiger partial charge >= 0.3 is 12.0 Å². The Bertz CT molecular complexity index is 992. The van der Waals surface area contributed by atoms with Crippen LogP contribution in [0, 0.1) is 13.8 Å². The van der Waals surface area contributed by atoms with E-state index in [0.29, 0.717) is 41.0 Å². The zero-order chi connectivity index (χ0) is 21.7. The molecule has 0 bridgehead atoms. The minimum absolute atomic E-state index is 0.0925. The molecule has 9 heteroatoms. The van der Waals surface area contributed by atoms with Crippen molar-refractivity contribution in [3.05, 3.63) is 58.0 Å². The van der Waals surface area contributed by atoms with E-state index in [0.717, 1.165) is 12.0 Å². The summed E-state index contributed by atoms with van der Waals surface area (Å²) in [6, 6.07) is 6.97. The average molecular weight is 412 g/mol. The second kappa shape index (κ2) is 9.25. The molecule has 3 N–H and O–H groups in total.